The molecule has 28 heavy (non-hydrogen) atoms. The maximum atomic E-state index is 13.9. The van der Waals surface area contributed by atoms with E-state index in [1.165, 1.54) is 12.5 Å². The number of hydrogen-bond donors (Lipinski definition) is 0. The largest absolute Gasteiger partial charge is 0.381 e. The van der Waals surface area contributed by atoms with E-state index in [9.17, 15) is 9.18 Å². The smallest absolute Gasteiger partial charge is 0.227 e. The maximum absolute atomic E-state index is 13.9. The number of ether oxygens (including phenoxy) is 1. The van der Waals surface area contributed by atoms with E-state index in [4.69, 9.17) is 9.26 Å². The Morgan fingerprint density at radius 3 is 3.00 bits per heavy atom. The predicted molar refractivity (Wildman–Crippen MR) is 101 cm³/mol. The van der Waals surface area contributed by atoms with Crippen LogP contribution in [0.2, 0.25) is 0 Å². The van der Waals surface area contributed by atoms with E-state index >= 15 is 0 Å². The van der Waals surface area contributed by atoms with E-state index in [1.807, 2.05) is 4.90 Å². The number of amides is 1. The molecule has 1 saturated heterocycles. The third-order valence-electron chi connectivity index (χ3n) is 6.21. The Labute approximate surface area is 164 Å². The van der Waals surface area contributed by atoms with Crippen molar-refractivity contribution in [2.24, 2.45) is 5.41 Å². The van der Waals surface area contributed by atoms with Crippen LogP contribution in [0.5, 0.6) is 0 Å². The second-order valence-electron chi connectivity index (χ2n) is 7.89. The van der Waals surface area contributed by atoms with Crippen LogP contribution in [-0.2, 0) is 16.0 Å². The fraction of sp³-hybridized carbons (Fsp3) is 0.571. The van der Waals surface area contributed by atoms with E-state index in [2.05, 4.69) is 10.1 Å². The van der Waals surface area contributed by atoms with Gasteiger partial charge in [0.2, 0.25) is 17.6 Å². The van der Waals surface area contributed by atoms with E-state index in [0.717, 1.165) is 38.8 Å². The Balaban J connectivity index is 1.36. The molecule has 2 aliphatic rings. The quantitative estimate of drug-likeness (QED) is 0.784. The van der Waals surface area contributed by atoms with Crippen molar-refractivity contribution in [3.05, 3.63) is 36.0 Å². The van der Waals surface area contributed by atoms with Gasteiger partial charge >= 0.3 is 0 Å². The summed E-state index contributed by atoms with van der Waals surface area (Å²) in [5.74, 6) is 0.278. The number of aromatic nitrogens is 2. The molecule has 2 fully saturated rings. The Bertz CT molecular complexity index is 840. The summed E-state index contributed by atoms with van der Waals surface area (Å²) in [5.41, 5.74) is 0.416. The monoisotopic (exact) mass is 387 g/mol. The molecule has 0 unspecified atom stereocenters. The van der Waals surface area contributed by atoms with Crippen molar-refractivity contribution in [1.82, 2.24) is 15.0 Å². The molecule has 1 spiro atoms. The van der Waals surface area contributed by atoms with Gasteiger partial charge in [-0.15, -0.1) is 0 Å². The summed E-state index contributed by atoms with van der Waals surface area (Å²) in [5, 5.41) is 3.85. The van der Waals surface area contributed by atoms with Gasteiger partial charge < -0.3 is 14.2 Å². The van der Waals surface area contributed by atoms with Gasteiger partial charge in [-0.3, -0.25) is 4.79 Å². The van der Waals surface area contributed by atoms with Crippen LogP contribution in [0.15, 0.2) is 28.8 Å². The number of methoxy groups -OCH3 is 1. The fourth-order valence-electron chi connectivity index (χ4n) is 4.79. The van der Waals surface area contributed by atoms with Crippen molar-refractivity contribution < 1.29 is 18.4 Å². The first kappa shape index (κ1) is 19.1. The van der Waals surface area contributed by atoms with Crippen LogP contribution in [0, 0.1) is 11.2 Å². The van der Waals surface area contributed by atoms with Gasteiger partial charge in [0.25, 0.3) is 0 Å². The van der Waals surface area contributed by atoms with Crippen molar-refractivity contribution in [3.8, 4) is 11.4 Å². The molecule has 7 heteroatoms. The molecule has 1 saturated carbocycles. The molecule has 1 aliphatic carbocycles. The number of piperidine rings is 1. The second kappa shape index (κ2) is 7.99. The molecule has 150 valence electrons. The molecular weight excluding hydrogens is 361 g/mol. The molecule has 2 heterocycles. The molecule has 0 radical (unpaired) electrons. The van der Waals surface area contributed by atoms with Crippen molar-refractivity contribution in [3.63, 3.8) is 0 Å². The molecule has 0 N–H and O–H groups in total. The molecule has 1 aromatic heterocycles. The number of aryl methyl sites for hydroxylation is 1. The van der Waals surface area contributed by atoms with Gasteiger partial charge in [-0.05, 0) is 37.8 Å². The van der Waals surface area contributed by atoms with Gasteiger partial charge in [-0.25, -0.2) is 4.39 Å². The van der Waals surface area contributed by atoms with Gasteiger partial charge in [0.1, 0.15) is 5.82 Å². The van der Waals surface area contributed by atoms with Crippen molar-refractivity contribution in [2.45, 2.75) is 51.0 Å². The van der Waals surface area contributed by atoms with Crippen LogP contribution >= 0.6 is 0 Å². The zero-order valence-electron chi connectivity index (χ0n) is 16.2. The third-order valence-corrected chi connectivity index (χ3v) is 6.21. The number of carbonyl (C=O) groups excluding carboxylic acids is 1. The van der Waals surface area contributed by atoms with Gasteiger partial charge in [-0.2, -0.15) is 4.98 Å². The molecule has 1 amide bonds. The Hall–Kier alpha value is -2.28. The highest BCUT2D eigenvalue weighted by Crippen LogP contribution is 2.46. The van der Waals surface area contributed by atoms with Crippen LogP contribution in [0.3, 0.4) is 0 Å². The standard InChI is InChI=1S/C21H26FN3O3/c1-27-17-8-4-11-21(17)12-5-13-25(14-21)19(26)10-9-18-23-20(24-28-18)15-6-2-3-7-16(15)22/h2-3,6-7,17H,4-5,8-14H2,1H3/t17-,21-/m1/s1. The minimum Gasteiger partial charge on any atom is -0.381 e. The molecular formula is C21H26FN3O3. The highest BCUT2D eigenvalue weighted by Gasteiger charge is 2.46. The second-order valence-corrected chi connectivity index (χ2v) is 7.89. The zero-order valence-corrected chi connectivity index (χ0v) is 16.2. The van der Waals surface area contributed by atoms with Crippen LogP contribution in [0.1, 0.15) is 44.4 Å². The minimum absolute atomic E-state index is 0.103. The normalized spacial score (nSPS) is 24.8. The number of likely N-dealkylation sites (tertiary alicyclic amines) is 1. The summed E-state index contributed by atoms with van der Waals surface area (Å²) in [6.45, 7) is 1.57. The van der Waals surface area contributed by atoms with Crippen molar-refractivity contribution in [1.29, 1.82) is 0 Å². The highest BCUT2D eigenvalue weighted by molar-refractivity contribution is 5.76. The molecule has 2 atom stereocenters. The van der Waals surface area contributed by atoms with E-state index < -0.39 is 5.82 Å². The minimum atomic E-state index is -0.395. The number of benzene rings is 1. The number of rotatable bonds is 5. The first-order valence-corrected chi connectivity index (χ1v) is 9.99. The SMILES string of the molecule is CO[C@@H]1CCC[C@]12CCCN(C(=O)CCc1nc(-c3ccccc3F)no1)C2. The van der Waals surface area contributed by atoms with Crippen LogP contribution in [-0.4, -0.2) is 47.3 Å². The maximum Gasteiger partial charge on any atom is 0.227 e. The lowest BCUT2D eigenvalue weighted by Gasteiger charge is -2.43. The topological polar surface area (TPSA) is 68.5 Å². The van der Waals surface area contributed by atoms with Crippen LogP contribution in [0.25, 0.3) is 11.4 Å². The summed E-state index contributed by atoms with van der Waals surface area (Å²) in [4.78, 5) is 19.0. The molecule has 1 aromatic carbocycles. The zero-order chi connectivity index (χ0) is 19.6. The van der Waals surface area contributed by atoms with Gasteiger partial charge in [0.15, 0.2) is 0 Å². The predicted octanol–water partition coefficient (Wildman–Crippen LogP) is 3.62. The summed E-state index contributed by atoms with van der Waals surface area (Å²) in [6.07, 6.45) is 6.45. The fourth-order valence-corrected chi connectivity index (χ4v) is 4.79. The Kier molecular flexibility index (Phi) is 5.44. The van der Waals surface area contributed by atoms with Crippen molar-refractivity contribution in [2.75, 3.05) is 20.2 Å². The highest BCUT2D eigenvalue weighted by atomic mass is 19.1. The van der Waals surface area contributed by atoms with Crippen molar-refractivity contribution >= 4 is 5.91 Å². The number of halogens is 1. The van der Waals surface area contributed by atoms with Crippen LogP contribution in [0.4, 0.5) is 4.39 Å². The first-order valence-electron chi connectivity index (χ1n) is 9.99. The number of hydrogen-bond acceptors (Lipinski definition) is 5. The average molecular weight is 387 g/mol. The Morgan fingerprint density at radius 1 is 1.36 bits per heavy atom. The number of nitrogens with zero attached hydrogens (tertiary/aromatic N) is 3. The molecule has 4 rings (SSSR count). The van der Waals surface area contributed by atoms with Gasteiger partial charge in [0, 0.05) is 38.5 Å². The summed E-state index contributed by atoms with van der Waals surface area (Å²) >= 11 is 0. The molecule has 6 nitrogen and oxygen atoms in total. The van der Waals surface area contributed by atoms with E-state index in [0.29, 0.717) is 24.3 Å². The lowest BCUT2D eigenvalue weighted by Crippen LogP contribution is -2.49. The van der Waals surface area contributed by atoms with Gasteiger partial charge in [-0.1, -0.05) is 23.7 Å². The van der Waals surface area contributed by atoms with Crippen LogP contribution < -0.4 is 0 Å². The van der Waals surface area contributed by atoms with E-state index in [1.54, 1.807) is 25.3 Å². The molecule has 0 bridgehead atoms. The third kappa shape index (κ3) is 3.68. The van der Waals surface area contributed by atoms with E-state index in [-0.39, 0.29) is 23.3 Å². The summed E-state index contributed by atoms with van der Waals surface area (Å²) < 4.78 is 24.8. The Morgan fingerprint density at radius 2 is 2.18 bits per heavy atom. The average Bonchev–Trinajstić information content (AvgIpc) is 3.33. The number of carbonyl (C=O) groups is 1. The lowest BCUT2D eigenvalue weighted by molar-refractivity contribution is -0.137. The van der Waals surface area contributed by atoms with Gasteiger partial charge in [0.05, 0.1) is 11.7 Å². The molecule has 1 aliphatic heterocycles. The summed E-state index contributed by atoms with van der Waals surface area (Å²) in [6, 6.07) is 6.30. The molecule has 2 aromatic rings. The summed E-state index contributed by atoms with van der Waals surface area (Å²) in [7, 11) is 1.78. The first-order chi connectivity index (χ1) is 13.6. The lowest BCUT2D eigenvalue weighted by atomic mass is 9.76.